The smallest absolute Gasteiger partial charge is 0.233 e. The molecule has 1 aromatic carbocycles. The summed E-state index contributed by atoms with van der Waals surface area (Å²) in [5.41, 5.74) is 2.41. The van der Waals surface area contributed by atoms with Crippen LogP contribution in [-0.2, 0) is 11.3 Å². The molecule has 0 bridgehead atoms. The highest BCUT2D eigenvalue weighted by Crippen LogP contribution is 2.35. The first kappa shape index (κ1) is 13.6. The van der Waals surface area contributed by atoms with Gasteiger partial charge in [-0.3, -0.25) is 4.79 Å². The second-order valence-electron chi connectivity index (χ2n) is 4.82. The van der Waals surface area contributed by atoms with E-state index in [9.17, 15) is 4.79 Å². The first-order valence-corrected chi connectivity index (χ1v) is 7.48. The first-order chi connectivity index (χ1) is 10.2. The van der Waals surface area contributed by atoms with Gasteiger partial charge in [-0.2, -0.15) is 5.26 Å². The fraction of sp³-hybridized carbons (Fsp3) is 0.286. The van der Waals surface area contributed by atoms with Gasteiger partial charge >= 0.3 is 0 Å². The molecule has 1 aliphatic heterocycles. The molecule has 2 heterocycles. The van der Waals surface area contributed by atoms with Crippen LogP contribution in [-0.4, -0.2) is 38.6 Å². The number of hydrogen-bond donors (Lipinski definition) is 0. The zero-order valence-electron chi connectivity index (χ0n) is 11.4. The molecule has 1 saturated heterocycles. The summed E-state index contributed by atoms with van der Waals surface area (Å²) in [7, 11) is 1.78. The second kappa shape index (κ2) is 5.58. The molecule has 1 fully saturated rings. The lowest BCUT2D eigenvalue weighted by Crippen LogP contribution is -2.23. The molecule has 7 heteroatoms. The lowest BCUT2D eigenvalue weighted by Gasteiger charge is -2.15. The number of amides is 1. The number of benzene rings is 1. The molecular formula is C14H13N5OS. The van der Waals surface area contributed by atoms with E-state index in [0.29, 0.717) is 17.9 Å². The quantitative estimate of drug-likeness (QED) is 0.856. The van der Waals surface area contributed by atoms with E-state index in [1.165, 1.54) is 0 Å². The Morgan fingerprint density at radius 1 is 1.52 bits per heavy atom. The van der Waals surface area contributed by atoms with Gasteiger partial charge < -0.3 is 4.90 Å². The lowest BCUT2D eigenvalue weighted by molar-refractivity contribution is -0.126. The first-order valence-electron chi connectivity index (χ1n) is 6.43. The highest BCUT2D eigenvalue weighted by molar-refractivity contribution is 8.00. The third-order valence-electron chi connectivity index (χ3n) is 3.32. The molecule has 1 aromatic heterocycles. The van der Waals surface area contributed by atoms with Crippen molar-refractivity contribution in [2.24, 2.45) is 0 Å². The summed E-state index contributed by atoms with van der Waals surface area (Å²) in [5, 5.41) is 17.1. The van der Waals surface area contributed by atoms with E-state index in [-0.39, 0.29) is 11.3 Å². The minimum Gasteiger partial charge on any atom is -0.327 e. The van der Waals surface area contributed by atoms with Crippen LogP contribution >= 0.6 is 11.8 Å². The molecule has 0 radical (unpaired) electrons. The van der Waals surface area contributed by atoms with Gasteiger partial charge in [-0.25, -0.2) is 4.68 Å². The van der Waals surface area contributed by atoms with E-state index in [1.54, 1.807) is 34.5 Å². The maximum Gasteiger partial charge on any atom is 0.233 e. The molecule has 1 atom stereocenters. The van der Waals surface area contributed by atoms with E-state index < -0.39 is 0 Å². The molecular weight excluding hydrogens is 286 g/mol. The molecule has 106 valence electrons. The average Bonchev–Trinajstić information content (AvgIpc) is 3.07. The Hall–Kier alpha value is -2.33. The summed E-state index contributed by atoms with van der Waals surface area (Å²) in [6, 6.07) is 9.52. The Morgan fingerprint density at radius 2 is 2.38 bits per heavy atom. The molecule has 6 nitrogen and oxygen atoms in total. The van der Waals surface area contributed by atoms with Gasteiger partial charge in [-0.05, 0) is 17.7 Å². The van der Waals surface area contributed by atoms with Crippen molar-refractivity contribution in [1.82, 2.24) is 19.9 Å². The number of aromatic nitrogens is 3. The van der Waals surface area contributed by atoms with Crippen molar-refractivity contribution < 1.29 is 4.79 Å². The molecule has 1 aliphatic rings. The van der Waals surface area contributed by atoms with Crippen molar-refractivity contribution in [2.75, 3.05) is 12.8 Å². The fourth-order valence-electron chi connectivity index (χ4n) is 2.21. The molecule has 21 heavy (non-hydrogen) atoms. The van der Waals surface area contributed by atoms with Crippen LogP contribution in [0.3, 0.4) is 0 Å². The normalized spacial score (nSPS) is 18.0. The predicted molar refractivity (Wildman–Crippen MR) is 78.3 cm³/mol. The Balaban J connectivity index is 1.76. The Labute approximate surface area is 126 Å². The number of thioether (sulfide) groups is 1. The van der Waals surface area contributed by atoms with E-state index in [4.69, 9.17) is 5.26 Å². The number of carbonyl (C=O) groups is 1. The number of rotatable bonds is 3. The predicted octanol–water partition coefficient (Wildman–Crippen LogP) is 1.40. The topological polar surface area (TPSA) is 74.8 Å². The van der Waals surface area contributed by atoms with E-state index in [2.05, 4.69) is 16.4 Å². The fourth-order valence-corrected chi connectivity index (χ4v) is 3.33. The van der Waals surface area contributed by atoms with Gasteiger partial charge in [0.25, 0.3) is 0 Å². The minimum absolute atomic E-state index is 0.0586. The molecule has 0 saturated carbocycles. The summed E-state index contributed by atoms with van der Waals surface area (Å²) in [4.78, 5) is 13.2. The van der Waals surface area contributed by atoms with Crippen molar-refractivity contribution in [3.8, 4) is 6.07 Å². The Bertz CT molecular complexity index is 720. The molecule has 0 N–H and O–H groups in total. The molecule has 3 rings (SSSR count). The van der Waals surface area contributed by atoms with Crippen LogP contribution in [0.4, 0.5) is 0 Å². The second-order valence-corrected chi connectivity index (χ2v) is 5.89. The molecule has 0 spiro atoms. The molecule has 2 aromatic rings. The van der Waals surface area contributed by atoms with Crippen molar-refractivity contribution in [2.45, 2.75) is 11.9 Å². The minimum atomic E-state index is -0.0586. The van der Waals surface area contributed by atoms with Gasteiger partial charge in [0, 0.05) is 7.05 Å². The van der Waals surface area contributed by atoms with Gasteiger partial charge in [0.15, 0.2) is 0 Å². The number of nitriles is 1. The largest absolute Gasteiger partial charge is 0.327 e. The van der Waals surface area contributed by atoms with Crippen LogP contribution in [0.15, 0.2) is 30.5 Å². The van der Waals surface area contributed by atoms with Crippen LogP contribution < -0.4 is 0 Å². The number of nitrogens with zero attached hydrogens (tertiary/aromatic N) is 5. The Morgan fingerprint density at radius 3 is 3.10 bits per heavy atom. The summed E-state index contributed by atoms with van der Waals surface area (Å²) < 4.78 is 1.73. The monoisotopic (exact) mass is 299 g/mol. The summed E-state index contributed by atoms with van der Waals surface area (Å²) >= 11 is 1.55. The summed E-state index contributed by atoms with van der Waals surface area (Å²) in [6.45, 7) is 0.553. The van der Waals surface area contributed by atoms with E-state index in [0.717, 1.165) is 11.3 Å². The van der Waals surface area contributed by atoms with Gasteiger partial charge in [0.05, 0.1) is 30.1 Å². The Kier molecular flexibility index (Phi) is 3.62. The zero-order valence-corrected chi connectivity index (χ0v) is 12.2. The lowest BCUT2D eigenvalue weighted by atomic mass is 10.1. The number of hydrogen-bond acceptors (Lipinski definition) is 5. The summed E-state index contributed by atoms with van der Waals surface area (Å²) in [6.07, 6.45) is 1.85. The maximum absolute atomic E-state index is 11.5. The maximum atomic E-state index is 11.5. The highest BCUT2D eigenvalue weighted by Gasteiger charge is 2.31. The van der Waals surface area contributed by atoms with Crippen LogP contribution in [0.25, 0.3) is 0 Å². The van der Waals surface area contributed by atoms with Crippen molar-refractivity contribution in [3.05, 3.63) is 47.3 Å². The SMILES string of the molecule is CN1C(=O)CS[C@H]1c1cn(Cc2cccc(C#N)c2)nn1. The molecule has 1 amide bonds. The third kappa shape index (κ3) is 2.76. The summed E-state index contributed by atoms with van der Waals surface area (Å²) in [5.74, 6) is 0.597. The number of carbonyl (C=O) groups excluding carboxylic acids is 1. The van der Waals surface area contributed by atoms with Crippen LogP contribution in [0.5, 0.6) is 0 Å². The molecule has 0 unspecified atom stereocenters. The third-order valence-corrected chi connectivity index (χ3v) is 4.61. The van der Waals surface area contributed by atoms with Crippen molar-refractivity contribution in [1.29, 1.82) is 5.26 Å². The van der Waals surface area contributed by atoms with E-state index in [1.807, 2.05) is 24.4 Å². The van der Waals surface area contributed by atoms with E-state index >= 15 is 0 Å². The van der Waals surface area contributed by atoms with Crippen LogP contribution in [0.2, 0.25) is 0 Å². The van der Waals surface area contributed by atoms with Gasteiger partial charge in [-0.15, -0.1) is 16.9 Å². The highest BCUT2D eigenvalue weighted by atomic mass is 32.2. The van der Waals surface area contributed by atoms with Gasteiger partial charge in [-0.1, -0.05) is 17.3 Å². The van der Waals surface area contributed by atoms with Gasteiger partial charge in [0.2, 0.25) is 5.91 Å². The van der Waals surface area contributed by atoms with Crippen LogP contribution in [0.1, 0.15) is 22.2 Å². The van der Waals surface area contributed by atoms with Gasteiger partial charge in [0.1, 0.15) is 11.1 Å². The zero-order chi connectivity index (χ0) is 14.8. The standard InChI is InChI=1S/C14H13N5OS/c1-18-13(20)9-21-14(18)12-8-19(17-16-12)7-11-4-2-3-10(5-11)6-15/h2-5,8,14H,7,9H2,1H3/t14-/m0/s1. The van der Waals surface area contributed by atoms with Crippen LogP contribution in [0, 0.1) is 11.3 Å². The molecule has 0 aliphatic carbocycles. The van der Waals surface area contributed by atoms with Crippen molar-refractivity contribution in [3.63, 3.8) is 0 Å². The van der Waals surface area contributed by atoms with Crippen molar-refractivity contribution >= 4 is 17.7 Å². The average molecular weight is 299 g/mol.